The largest absolute Gasteiger partial charge is 0.344 e. The lowest BCUT2D eigenvalue weighted by atomic mass is 10.1. The van der Waals surface area contributed by atoms with Crippen LogP contribution in [0, 0.1) is 5.82 Å². The Morgan fingerprint density at radius 1 is 1.36 bits per heavy atom. The number of hydrogen-bond donors (Lipinski definition) is 0. The van der Waals surface area contributed by atoms with Gasteiger partial charge in [-0.05, 0) is 25.1 Å². The highest BCUT2D eigenvalue weighted by Gasteiger charge is 2.35. The zero-order valence-electron chi connectivity index (χ0n) is 7.72. The Bertz CT molecular complexity index is 348. The van der Waals surface area contributed by atoms with Gasteiger partial charge in [0.15, 0.2) is 5.79 Å². The molecule has 1 fully saturated rings. The van der Waals surface area contributed by atoms with Crippen LogP contribution in [0.1, 0.15) is 12.5 Å². The van der Waals surface area contributed by atoms with Gasteiger partial charge in [-0.2, -0.15) is 0 Å². The maximum atomic E-state index is 13.6. The summed E-state index contributed by atoms with van der Waals surface area (Å²) in [7, 11) is 0. The summed E-state index contributed by atoms with van der Waals surface area (Å²) in [5, 5.41) is 0. The topological polar surface area (TPSA) is 18.5 Å². The predicted octanol–water partition coefficient (Wildman–Crippen LogP) is 2.81. The first-order valence-corrected chi connectivity index (χ1v) is 5.14. The van der Waals surface area contributed by atoms with Crippen molar-refractivity contribution in [1.82, 2.24) is 0 Å². The second-order valence-electron chi connectivity index (χ2n) is 3.27. The first-order chi connectivity index (χ1) is 6.62. The summed E-state index contributed by atoms with van der Waals surface area (Å²) in [6.45, 7) is 2.74. The zero-order valence-corrected chi connectivity index (χ0v) is 9.30. The van der Waals surface area contributed by atoms with Gasteiger partial charge in [0.2, 0.25) is 0 Å². The molecule has 0 amide bonds. The number of ether oxygens (including phenoxy) is 2. The van der Waals surface area contributed by atoms with Crippen molar-refractivity contribution in [1.29, 1.82) is 0 Å². The first-order valence-electron chi connectivity index (χ1n) is 4.35. The van der Waals surface area contributed by atoms with E-state index in [4.69, 9.17) is 9.47 Å². The Balaban J connectivity index is 2.40. The molecule has 0 atom stereocenters. The lowest BCUT2D eigenvalue weighted by Gasteiger charge is -2.23. The van der Waals surface area contributed by atoms with Crippen molar-refractivity contribution in [2.45, 2.75) is 12.7 Å². The SMILES string of the molecule is CC1(c2ccc(Br)cc2F)OCCO1. The highest BCUT2D eigenvalue weighted by atomic mass is 79.9. The van der Waals surface area contributed by atoms with Crippen LogP contribution < -0.4 is 0 Å². The van der Waals surface area contributed by atoms with Crippen LogP contribution in [0.5, 0.6) is 0 Å². The average molecular weight is 261 g/mol. The van der Waals surface area contributed by atoms with Crippen molar-refractivity contribution < 1.29 is 13.9 Å². The molecule has 2 nitrogen and oxygen atoms in total. The molecule has 0 saturated carbocycles. The Labute approximate surface area is 90.1 Å². The first kappa shape index (κ1) is 10.1. The summed E-state index contributed by atoms with van der Waals surface area (Å²) in [6.07, 6.45) is 0. The highest BCUT2D eigenvalue weighted by molar-refractivity contribution is 9.10. The van der Waals surface area contributed by atoms with E-state index in [9.17, 15) is 4.39 Å². The van der Waals surface area contributed by atoms with Crippen molar-refractivity contribution in [3.05, 3.63) is 34.1 Å². The minimum Gasteiger partial charge on any atom is -0.344 e. The molecular weight excluding hydrogens is 251 g/mol. The fraction of sp³-hybridized carbons (Fsp3) is 0.400. The molecule has 0 radical (unpaired) electrons. The van der Waals surface area contributed by atoms with Gasteiger partial charge in [-0.25, -0.2) is 4.39 Å². The lowest BCUT2D eigenvalue weighted by molar-refractivity contribution is -0.151. The van der Waals surface area contributed by atoms with E-state index in [0.29, 0.717) is 23.2 Å². The molecule has 1 aliphatic rings. The molecule has 0 unspecified atom stereocenters. The Hall–Kier alpha value is -0.450. The van der Waals surface area contributed by atoms with Crippen LogP contribution in [0.15, 0.2) is 22.7 Å². The van der Waals surface area contributed by atoms with E-state index in [2.05, 4.69) is 15.9 Å². The van der Waals surface area contributed by atoms with E-state index in [1.54, 1.807) is 19.1 Å². The summed E-state index contributed by atoms with van der Waals surface area (Å²) >= 11 is 3.20. The van der Waals surface area contributed by atoms with Crippen molar-refractivity contribution in [3.8, 4) is 0 Å². The van der Waals surface area contributed by atoms with Crippen LogP contribution in [0.2, 0.25) is 0 Å². The Kier molecular flexibility index (Phi) is 2.60. The van der Waals surface area contributed by atoms with Crippen molar-refractivity contribution >= 4 is 15.9 Å². The van der Waals surface area contributed by atoms with Crippen LogP contribution in [-0.4, -0.2) is 13.2 Å². The molecule has 1 aliphatic heterocycles. The number of halogens is 2. The number of benzene rings is 1. The van der Waals surface area contributed by atoms with E-state index < -0.39 is 5.79 Å². The monoisotopic (exact) mass is 260 g/mol. The van der Waals surface area contributed by atoms with E-state index in [-0.39, 0.29) is 5.82 Å². The summed E-state index contributed by atoms with van der Waals surface area (Å²) < 4.78 is 25.0. The molecule has 1 saturated heterocycles. The van der Waals surface area contributed by atoms with Gasteiger partial charge in [0.05, 0.1) is 13.2 Å². The van der Waals surface area contributed by atoms with E-state index in [0.717, 1.165) is 0 Å². The Morgan fingerprint density at radius 2 is 2.00 bits per heavy atom. The van der Waals surface area contributed by atoms with Gasteiger partial charge in [0, 0.05) is 10.0 Å². The number of hydrogen-bond acceptors (Lipinski definition) is 2. The van der Waals surface area contributed by atoms with Gasteiger partial charge in [-0.15, -0.1) is 0 Å². The molecule has 4 heteroatoms. The summed E-state index contributed by atoms with van der Waals surface area (Å²) in [6, 6.07) is 4.85. The van der Waals surface area contributed by atoms with Gasteiger partial charge in [0.25, 0.3) is 0 Å². The zero-order chi connectivity index (χ0) is 10.2. The fourth-order valence-corrected chi connectivity index (χ4v) is 1.86. The molecule has 0 spiro atoms. The van der Waals surface area contributed by atoms with Crippen molar-refractivity contribution in [2.24, 2.45) is 0 Å². The van der Waals surface area contributed by atoms with E-state index in [1.165, 1.54) is 6.07 Å². The van der Waals surface area contributed by atoms with Gasteiger partial charge in [-0.1, -0.05) is 15.9 Å². The molecule has 0 aliphatic carbocycles. The summed E-state index contributed by atoms with van der Waals surface area (Å²) in [4.78, 5) is 0. The maximum Gasteiger partial charge on any atom is 0.194 e. The standard InChI is InChI=1S/C10H10BrFO2/c1-10(13-4-5-14-10)8-3-2-7(11)6-9(8)12/h2-3,6H,4-5H2,1H3. The molecule has 1 aromatic carbocycles. The van der Waals surface area contributed by atoms with Gasteiger partial charge >= 0.3 is 0 Å². The predicted molar refractivity (Wildman–Crippen MR) is 53.4 cm³/mol. The second-order valence-corrected chi connectivity index (χ2v) is 4.18. The van der Waals surface area contributed by atoms with Crippen LogP contribution in [0.4, 0.5) is 4.39 Å². The molecule has 0 aromatic heterocycles. The number of rotatable bonds is 1. The lowest BCUT2D eigenvalue weighted by Crippen LogP contribution is -2.23. The quantitative estimate of drug-likeness (QED) is 0.773. The van der Waals surface area contributed by atoms with Crippen molar-refractivity contribution in [2.75, 3.05) is 13.2 Å². The van der Waals surface area contributed by atoms with Crippen molar-refractivity contribution in [3.63, 3.8) is 0 Å². The third-order valence-corrected chi connectivity index (χ3v) is 2.75. The fourth-order valence-electron chi connectivity index (χ4n) is 1.53. The normalized spacial score (nSPS) is 19.9. The molecule has 1 aromatic rings. The molecular formula is C10H10BrFO2. The smallest absolute Gasteiger partial charge is 0.194 e. The highest BCUT2D eigenvalue weighted by Crippen LogP contribution is 2.33. The molecule has 14 heavy (non-hydrogen) atoms. The molecule has 2 rings (SSSR count). The average Bonchev–Trinajstić information content (AvgIpc) is 2.52. The van der Waals surface area contributed by atoms with Crippen LogP contribution >= 0.6 is 15.9 Å². The minimum absolute atomic E-state index is 0.316. The second kappa shape index (κ2) is 3.61. The van der Waals surface area contributed by atoms with Crippen LogP contribution in [-0.2, 0) is 15.3 Å². The van der Waals surface area contributed by atoms with E-state index in [1.807, 2.05) is 0 Å². The van der Waals surface area contributed by atoms with Gasteiger partial charge in [0.1, 0.15) is 5.82 Å². The third kappa shape index (κ3) is 1.69. The Morgan fingerprint density at radius 3 is 2.57 bits per heavy atom. The van der Waals surface area contributed by atoms with E-state index >= 15 is 0 Å². The minimum atomic E-state index is -0.926. The summed E-state index contributed by atoms with van der Waals surface area (Å²) in [5.74, 6) is -1.24. The van der Waals surface area contributed by atoms with Crippen LogP contribution in [0.3, 0.4) is 0 Å². The molecule has 0 bridgehead atoms. The maximum absolute atomic E-state index is 13.6. The van der Waals surface area contributed by atoms with Gasteiger partial charge in [-0.3, -0.25) is 0 Å². The third-order valence-electron chi connectivity index (χ3n) is 2.26. The summed E-state index contributed by atoms with van der Waals surface area (Å²) in [5.41, 5.74) is 0.443. The molecule has 76 valence electrons. The van der Waals surface area contributed by atoms with Gasteiger partial charge < -0.3 is 9.47 Å². The molecule has 1 heterocycles. The van der Waals surface area contributed by atoms with Crippen LogP contribution in [0.25, 0.3) is 0 Å². The molecule has 0 N–H and O–H groups in total.